The Bertz CT molecular complexity index is 822. The number of pyridine rings is 1. The lowest BCUT2D eigenvalue weighted by Gasteiger charge is -2.39. The number of carbonyl (C=O) groups is 3. The summed E-state index contributed by atoms with van der Waals surface area (Å²) in [5.41, 5.74) is -0.219. The summed E-state index contributed by atoms with van der Waals surface area (Å²) < 4.78 is 0. The van der Waals surface area contributed by atoms with Crippen molar-refractivity contribution in [2.45, 2.75) is 37.9 Å². The Morgan fingerprint density at radius 2 is 1.90 bits per heavy atom. The smallest absolute Gasteiger partial charge is 0.256 e. The van der Waals surface area contributed by atoms with Gasteiger partial charge in [-0.3, -0.25) is 14.4 Å². The van der Waals surface area contributed by atoms with Gasteiger partial charge in [0.2, 0.25) is 11.8 Å². The number of likely N-dealkylation sites (tertiary alicyclic amines) is 1. The topological polar surface area (TPSA) is 97.9 Å². The summed E-state index contributed by atoms with van der Waals surface area (Å²) in [5.74, 6) is 0.294. The molecule has 0 radical (unpaired) electrons. The molecule has 0 aliphatic carbocycles. The van der Waals surface area contributed by atoms with Crippen molar-refractivity contribution in [2.24, 2.45) is 0 Å². The van der Waals surface area contributed by atoms with Crippen LogP contribution in [0.15, 0.2) is 18.3 Å². The van der Waals surface area contributed by atoms with Crippen LogP contribution < -0.4 is 10.6 Å². The molecule has 0 bridgehead atoms. The summed E-state index contributed by atoms with van der Waals surface area (Å²) >= 11 is 0. The second-order valence-electron chi connectivity index (χ2n) is 8.20. The Morgan fingerprint density at radius 1 is 1.14 bits per heavy atom. The fraction of sp³-hybridized carbons (Fsp3) is 0.600. The third-order valence-corrected chi connectivity index (χ3v) is 6.27. The van der Waals surface area contributed by atoms with Gasteiger partial charge in [0.15, 0.2) is 0 Å². The number of fused-ring (bicyclic) bond motifs is 1. The number of piperazine rings is 1. The molecule has 0 saturated carbocycles. The van der Waals surface area contributed by atoms with E-state index in [9.17, 15) is 14.4 Å². The molecular formula is C20H28N6O3. The highest BCUT2D eigenvalue weighted by atomic mass is 16.2. The number of likely N-dealkylation sites (N-methyl/N-ethyl adjacent to an activating group) is 1. The summed E-state index contributed by atoms with van der Waals surface area (Å²) in [4.78, 5) is 48.3. The third kappa shape index (κ3) is 3.78. The van der Waals surface area contributed by atoms with Crippen LogP contribution in [0.25, 0.3) is 0 Å². The molecule has 3 amide bonds. The SMILES string of the molecule is C[C@@H](C(=O)N1CCN(C)CC1)N1CC[C@]2(CCC1=O)NC(=O)c1cccnc1N2. The van der Waals surface area contributed by atoms with E-state index < -0.39 is 11.7 Å². The summed E-state index contributed by atoms with van der Waals surface area (Å²) in [6.45, 7) is 5.27. The van der Waals surface area contributed by atoms with Crippen molar-refractivity contribution in [3.63, 3.8) is 0 Å². The van der Waals surface area contributed by atoms with E-state index >= 15 is 0 Å². The van der Waals surface area contributed by atoms with Crippen LogP contribution in [0.4, 0.5) is 5.82 Å². The third-order valence-electron chi connectivity index (χ3n) is 6.27. The van der Waals surface area contributed by atoms with Crippen molar-refractivity contribution in [2.75, 3.05) is 45.1 Å². The second-order valence-corrected chi connectivity index (χ2v) is 8.20. The van der Waals surface area contributed by atoms with Crippen LogP contribution in [0.1, 0.15) is 36.5 Å². The minimum atomic E-state index is -0.723. The first-order valence-corrected chi connectivity index (χ1v) is 10.2. The summed E-state index contributed by atoms with van der Waals surface area (Å²) in [7, 11) is 2.04. The largest absolute Gasteiger partial charge is 0.347 e. The van der Waals surface area contributed by atoms with Crippen molar-refractivity contribution in [3.8, 4) is 0 Å². The van der Waals surface area contributed by atoms with E-state index in [-0.39, 0.29) is 24.1 Å². The lowest BCUT2D eigenvalue weighted by atomic mass is 9.97. The molecule has 29 heavy (non-hydrogen) atoms. The molecule has 3 aliphatic heterocycles. The van der Waals surface area contributed by atoms with E-state index in [0.29, 0.717) is 43.9 Å². The molecule has 4 heterocycles. The molecule has 1 aromatic heterocycles. The zero-order valence-corrected chi connectivity index (χ0v) is 17.0. The van der Waals surface area contributed by atoms with Gasteiger partial charge in [0, 0.05) is 51.8 Å². The molecule has 3 aliphatic rings. The maximum atomic E-state index is 13.0. The maximum Gasteiger partial charge on any atom is 0.256 e. The highest BCUT2D eigenvalue weighted by Gasteiger charge is 2.42. The number of nitrogens with one attached hydrogen (secondary N) is 2. The van der Waals surface area contributed by atoms with E-state index in [2.05, 4.69) is 20.5 Å². The van der Waals surface area contributed by atoms with Gasteiger partial charge in [0.05, 0.1) is 5.56 Å². The lowest BCUT2D eigenvalue weighted by molar-refractivity contribution is -0.145. The number of anilines is 1. The van der Waals surface area contributed by atoms with Crippen LogP contribution in [0.3, 0.4) is 0 Å². The zero-order chi connectivity index (χ0) is 20.6. The van der Waals surface area contributed by atoms with E-state index in [1.54, 1.807) is 30.2 Å². The number of carbonyl (C=O) groups excluding carboxylic acids is 3. The Labute approximate surface area is 170 Å². The fourth-order valence-corrected chi connectivity index (χ4v) is 4.34. The van der Waals surface area contributed by atoms with E-state index in [0.717, 1.165) is 13.1 Å². The number of rotatable bonds is 2. The maximum absolute atomic E-state index is 13.0. The Morgan fingerprint density at radius 3 is 2.66 bits per heavy atom. The highest BCUT2D eigenvalue weighted by Crippen LogP contribution is 2.31. The van der Waals surface area contributed by atoms with Gasteiger partial charge in [0.25, 0.3) is 5.91 Å². The zero-order valence-electron chi connectivity index (χ0n) is 17.0. The normalized spacial score (nSPS) is 26.4. The van der Waals surface area contributed by atoms with E-state index in [1.165, 1.54) is 0 Å². The van der Waals surface area contributed by atoms with Crippen LogP contribution in [-0.2, 0) is 9.59 Å². The number of hydrogen-bond acceptors (Lipinski definition) is 6. The van der Waals surface area contributed by atoms with Crippen molar-refractivity contribution < 1.29 is 14.4 Å². The summed E-state index contributed by atoms with van der Waals surface area (Å²) in [6.07, 6.45) is 2.87. The van der Waals surface area contributed by atoms with Gasteiger partial charge in [-0.25, -0.2) is 4.98 Å². The fourth-order valence-electron chi connectivity index (χ4n) is 4.34. The lowest BCUT2D eigenvalue weighted by Crippen LogP contribution is -2.58. The minimum absolute atomic E-state index is 0.00458. The molecule has 2 N–H and O–H groups in total. The molecule has 1 aromatic rings. The molecule has 1 spiro atoms. The van der Waals surface area contributed by atoms with Crippen LogP contribution in [0.2, 0.25) is 0 Å². The predicted octanol–water partition coefficient (Wildman–Crippen LogP) is 0.108. The van der Waals surface area contributed by atoms with Crippen LogP contribution in [-0.4, -0.2) is 88.9 Å². The Hall–Kier alpha value is -2.68. The second kappa shape index (κ2) is 7.62. The highest BCUT2D eigenvalue weighted by molar-refractivity contribution is 6.01. The van der Waals surface area contributed by atoms with Gasteiger partial charge in [-0.2, -0.15) is 0 Å². The number of amides is 3. The quantitative estimate of drug-likeness (QED) is 0.731. The average molecular weight is 400 g/mol. The monoisotopic (exact) mass is 400 g/mol. The molecular weight excluding hydrogens is 372 g/mol. The van der Waals surface area contributed by atoms with E-state index in [1.807, 2.05) is 11.9 Å². The van der Waals surface area contributed by atoms with Gasteiger partial charge in [-0.05, 0) is 32.5 Å². The van der Waals surface area contributed by atoms with Crippen molar-refractivity contribution >= 4 is 23.5 Å². The molecule has 0 unspecified atom stereocenters. The van der Waals surface area contributed by atoms with Gasteiger partial charge >= 0.3 is 0 Å². The van der Waals surface area contributed by atoms with Gasteiger partial charge in [-0.15, -0.1) is 0 Å². The summed E-state index contributed by atoms with van der Waals surface area (Å²) in [6, 6.07) is 2.94. The molecule has 156 valence electrons. The van der Waals surface area contributed by atoms with Crippen molar-refractivity contribution in [1.82, 2.24) is 25.0 Å². The molecule has 9 heteroatoms. The number of hydrogen-bond donors (Lipinski definition) is 2. The molecule has 0 aromatic carbocycles. The molecule has 4 rings (SSSR count). The molecule has 2 saturated heterocycles. The first-order valence-electron chi connectivity index (χ1n) is 10.2. The number of nitrogens with zero attached hydrogens (tertiary/aromatic N) is 4. The van der Waals surface area contributed by atoms with Crippen LogP contribution in [0, 0.1) is 0 Å². The summed E-state index contributed by atoms with van der Waals surface area (Å²) in [5, 5.41) is 6.37. The van der Waals surface area contributed by atoms with Gasteiger partial charge in [0.1, 0.15) is 17.5 Å². The standard InChI is InChI=1S/C20H28N6O3/c1-14(19(29)25-12-10-24(2)11-13-25)26-9-7-20(6-5-16(26)27)22-17-15(18(28)23-20)4-3-8-21-17/h3-4,8,14H,5-7,9-13H2,1-2H3,(H,21,22)(H,23,28)/t14-,20-/m0/s1. The average Bonchev–Trinajstić information content (AvgIpc) is 2.87. The predicted molar refractivity (Wildman–Crippen MR) is 107 cm³/mol. The number of aromatic nitrogens is 1. The van der Waals surface area contributed by atoms with Crippen LogP contribution >= 0.6 is 0 Å². The Balaban J connectivity index is 1.47. The first-order chi connectivity index (χ1) is 13.9. The van der Waals surface area contributed by atoms with Gasteiger partial charge < -0.3 is 25.3 Å². The van der Waals surface area contributed by atoms with Crippen molar-refractivity contribution in [1.29, 1.82) is 0 Å². The first kappa shape index (κ1) is 19.6. The minimum Gasteiger partial charge on any atom is -0.347 e. The Kier molecular flexibility index (Phi) is 5.16. The molecule has 2 atom stereocenters. The van der Waals surface area contributed by atoms with Gasteiger partial charge in [-0.1, -0.05) is 0 Å². The van der Waals surface area contributed by atoms with E-state index in [4.69, 9.17) is 0 Å². The molecule has 9 nitrogen and oxygen atoms in total. The van der Waals surface area contributed by atoms with Crippen LogP contribution in [0.5, 0.6) is 0 Å². The van der Waals surface area contributed by atoms with Crippen molar-refractivity contribution in [3.05, 3.63) is 23.9 Å². The molecule has 2 fully saturated rings.